The second-order valence-corrected chi connectivity index (χ2v) is 6.69. The molecule has 0 aliphatic heterocycles. The Morgan fingerprint density at radius 3 is 2.60 bits per heavy atom. The molecule has 1 atom stereocenters. The van der Waals surface area contributed by atoms with Gasteiger partial charge in [-0.3, -0.25) is 0 Å². The third kappa shape index (κ3) is 2.71. The van der Waals surface area contributed by atoms with Crippen LogP contribution in [-0.4, -0.2) is 13.1 Å². The lowest BCUT2D eigenvalue weighted by Gasteiger charge is -2.35. The van der Waals surface area contributed by atoms with Crippen LogP contribution in [0.5, 0.6) is 0 Å². The van der Waals surface area contributed by atoms with Gasteiger partial charge in [0.15, 0.2) is 0 Å². The van der Waals surface area contributed by atoms with Gasteiger partial charge in [-0.05, 0) is 35.4 Å². The number of carbonyl (C=O) groups excluding carboxylic acids is 1. The van der Waals surface area contributed by atoms with Crippen LogP contribution in [0.3, 0.4) is 0 Å². The molecule has 0 bridgehead atoms. The van der Waals surface area contributed by atoms with E-state index in [1.54, 1.807) is 24.3 Å². The zero-order valence-corrected chi connectivity index (χ0v) is 14.9. The molecular formula is C19H14BrFN2O2. The van der Waals surface area contributed by atoms with Gasteiger partial charge < -0.3 is 10.5 Å². The SMILES string of the molecule is COC(=O)C1=C(N)c2ccc(Br)cc2C(C#N)(c2ccc(F)cc2)C1. The van der Waals surface area contributed by atoms with Crippen molar-refractivity contribution in [2.24, 2.45) is 5.73 Å². The second kappa shape index (κ2) is 6.34. The molecule has 2 aromatic rings. The van der Waals surface area contributed by atoms with Crippen LogP contribution in [0, 0.1) is 17.1 Å². The van der Waals surface area contributed by atoms with E-state index in [-0.39, 0.29) is 12.0 Å². The molecule has 0 saturated heterocycles. The molecule has 4 nitrogen and oxygen atoms in total. The fourth-order valence-corrected chi connectivity index (χ4v) is 3.55. The van der Waals surface area contributed by atoms with E-state index in [4.69, 9.17) is 10.5 Å². The van der Waals surface area contributed by atoms with Gasteiger partial charge in [0.2, 0.25) is 0 Å². The van der Waals surface area contributed by atoms with Crippen molar-refractivity contribution in [1.29, 1.82) is 5.26 Å². The molecule has 1 unspecified atom stereocenters. The largest absolute Gasteiger partial charge is 0.466 e. The Balaban J connectivity index is 2.34. The highest BCUT2D eigenvalue weighted by Crippen LogP contribution is 2.46. The fourth-order valence-electron chi connectivity index (χ4n) is 3.18. The lowest BCUT2D eigenvalue weighted by molar-refractivity contribution is -0.136. The minimum Gasteiger partial charge on any atom is -0.466 e. The first kappa shape index (κ1) is 17.2. The van der Waals surface area contributed by atoms with Crippen molar-refractivity contribution in [2.45, 2.75) is 11.8 Å². The number of nitrogens with two attached hydrogens (primary N) is 1. The molecule has 3 rings (SSSR count). The number of fused-ring (bicyclic) bond motifs is 1. The van der Waals surface area contributed by atoms with Crippen LogP contribution in [0.2, 0.25) is 0 Å². The minimum atomic E-state index is -1.17. The number of benzene rings is 2. The number of rotatable bonds is 2. The Morgan fingerprint density at radius 2 is 2.00 bits per heavy atom. The molecule has 2 aromatic carbocycles. The van der Waals surface area contributed by atoms with Gasteiger partial charge in [-0.25, -0.2) is 9.18 Å². The van der Waals surface area contributed by atoms with Crippen LogP contribution in [0.25, 0.3) is 5.70 Å². The van der Waals surface area contributed by atoms with Crippen LogP contribution in [-0.2, 0) is 14.9 Å². The molecule has 0 radical (unpaired) electrons. The van der Waals surface area contributed by atoms with Crippen LogP contribution >= 0.6 is 15.9 Å². The number of esters is 1. The quantitative estimate of drug-likeness (QED) is 0.780. The second-order valence-electron chi connectivity index (χ2n) is 5.77. The van der Waals surface area contributed by atoms with Gasteiger partial charge in [0.05, 0.1) is 18.8 Å². The van der Waals surface area contributed by atoms with Crippen LogP contribution in [0.4, 0.5) is 4.39 Å². The van der Waals surface area contributed by atoms with E-state index in [1.165, 1.54) is 19.2 Å². The number of halogens is 2. The fraction of sp³-hybridized carbons (Fsp3) is 0.158. The zero-order valence-electron chi connectivity index (χ0n) is 13.3. The summed E-state index contributed by atoms with van der Waals surface area (Å²) in [5, 5.41) is 10.1. The van der Waals surface area contributed by atoms with Gasteiger partial charge in [-0.1, -0.05) is 34.1 Å². The maximum atomic E-state index is 13.4. The number of methoxy groups -OCH3 is 1. The standard InChI is InChI=1S/C19H14BrFN2O2/c1-25-18(24)15-9-19(10-22,11-2-5-13(21)6-3-11)16-8-12(20)4-7-14(16)17(15)23/h2-8H,9,23H2,1H3. The van der Waals surface area contributed by atoms with Crippen molar-refractivity contribution in [3.8, 4) is 6.07 Å². The molecule has 1 aliphatic carbocycles. The first-order valence-electron chi connectivity index (χ1n) is 7.47. The van der Waals surface area contributed by atoms with Crippen LogP contribution < -0.4 is 5.73 Å². The van der Waals surface area contributed by atoms with Gasteiger partial charge in [0.25, 0.3) is 0 Å². The number of carbonyl (C=O) groups is 1. The third-order valence-electron chi connectivity index (χ3n) is 4.46. The summed E-state index contributed by atoms with van der Waals surface area (Å²) in [6, 6.07) is 13.4. The first-order valence-corrected chi connectivity index (χ1v) is 8.27. The number of nitrogens with zero attached hydrogens (tertiary/aromatic N) is 1. The summed E-state index contributed by atoms with van der Waals surface area (Å²) in [5.74, 6) is -0.974. The molecule has 6 heteroatoms. The third-order valence-corrected chi connectivity index (χ3v) is 4.95. The van der Waals surface area contributed by atoms with Crippen molar-refractivity contribution in [2.75, 3.05) is 7.11 Å². The summed E-state index contributed by atoms with van der Waals surface area (Å²) in [5.41, 5.74) is 7.41. The van der Waals surface area contributed by atoms with E-state index in [2.05, 4.69) is 22.0 Å². The molecule has 0 saturated carbocycles. The molecule has 0 aromatic heterocycles. The normalized spacial score (nSPS) is 19.1. The Labute approximate surface area is 152 Å². The molecular weight excluding hydrogens is 387 g/mol. The van der Waals surface area contributed by atoms with Crippen LogP contribution in [0.1, 0.15) is 23.1 Å². The van der Waals surface area contributed by atoms with E-state index < -0.39 is 17.2 Å². The average Bonchev–Trinajstić information content (AvgIpc) is 2.62. The van der Waals surface area contributed by atoms with Crippen molar-refractivity contribution >= 4 is 27.6 Å². The number of ether oxygens (including phenoxy) is 1. The van der Waals surface area contributed by atoms with E-state index >= 15 is 0 Å². The smallest absolute Gasteiger partial charge is 0.335 e. The monoisotopic (exact) mass is 400 g/mol. The van der Waals surface area contributed by atoms with Gasteiger partial charge in [0, 0.05) is 22.2 Å². The van der Waals surface area contributed by atoms with E-state index in [1.807, 2.05) is 6.07 Å². The number of hydrogen-bond acceptors (Lipinski definition) is 4. The minimum absolute atomic E-state index is 0.0527. The van der Waals surface area contributed by atoms with Crippen molar-refractivity contribution < 1.29 is 13.9 Å². The van der Waals surface area contributed by atoms with Crippen LogP contribution in [0.15, 0.2) is 52.5 Å². The Bertz CT molecular complexity index is 931. The van der Waals surface area contributed by atoms with E-state index in [9.17, 15) is 14.4 Å². The molecule has 0 heterocycles. The molecule has 0 fully saturated rings. The highest BCUT2D eigenvalue weighted by atomic mass is 79.9. The zero-order chi connectivity index (χ0) is 18.2. The summed E-state index contributed by atoms with van der Waals surface area (Å²) < 4.78 is 19.0. The lowest BCUT2D eigenvalue weighted by Crippen LogP contribution is -2.34. The molecule has 25 heavy (non-hydrogen) atoms. The van der Waals surface area contributed by atoms with E-state index in [0.717, 1.165) is 4.47 Å². The summed E-state index contributed by atoms with van der Waals surface area (Å²) in [6.45, 7) is 0. The molecule has 0 spiro atoms. The summed E-state index contributed by atoms with van der Waals surface area (Å²) in [7, 11) is 1.27. The van der Waals surface area contributed by atoms with Crippen molar-refractivity contribution in [1.82, 2.24) is 0 Å². The Kier molecular flexibility index (Phi) is 4.36. The Morgan fingerprint density at radius 1 is 1.32 bits per heavy atom. The van der Waals surface area contributed by atoms with Gasteiger partial charge >= 0.3 is 5.97 Å². The lowest BCUT2D eigenvalue weighted by atomic mass is 9.66. The first-order chi connectivity index (χ1) is 11.9. The Hall–Kier alpha value is -2.65. The summed E-state index contributed by atoms with van der Waals surface area (Å²) >= 11 is 3.42. The van der Waals surface area contributed by atoms with Gasteiger partial charge in [-0.2, -0.15) is 5.26 Å². The summed E-state index contributed by atoms with van der Waals surface area (Å²) in [6.07, 6.45) is 0.0527. The maximum absolute atomic E-state index is 13.4. The van der Waals surface area contributed by atoms with Gasteiger partial charge in [0.1, 0.15) is 11.2 Å². The number of hydrogen-bond donors (Lipinski definition) is 1. The maximum Gasteiger partial charge on any atom is 0.335 e. The number of nitriles is 1. The average molecular weight is 401 g/mol. The molecule has 126 valence electrons. The predicted octanol–water partition coefficient (Wildman–Crippen LogP) is 3.64. The van der Waals surface area contributed by atoms with Crippen molar-refractivity contribution in [3.63, 3.8) is 0 Å². The summed E-state index contributed by atoms with van der Waals surface area (Å²) in [4.78, 5) is 12.2. The van der Waals surface area contributed by atoms with E-state index in [0.29, 0.717) is 22.4 Å². The topological polar surface area (TPSA) is 76.1 Å². The highest BCUT2D eigenvalue weighted by Gasteiger charge is 2.43. The van der Waals surface area contributed by atoms with Crippen molar-refractivity contribution in [3.05, 3.63) is 75.0 Å². The molecule has 0 amide bonds. The highest BCUT2D eigenvalue weighted by molar-refractivity contribution is 9.10. The van der Waals surface area contributed by atoms with Gasteiger partial charge in [-0.15, -0.1) is 0 Å². The molecule has 1 aliphatic rings. The molecule has 2 N–H and O–H groups in total. The predicted molar refractivity (Wildman–Crippen MR) is 94.7 cm³/mol.